The maximum absolute atomic E-state index is 12.6. The van der Waals surface area contributed by atoms with Crippen LogP contribution < -0.4 is 10.2 Å². The number of carbonyl (C=O) groups is 1. The van der Waals surface area contributed by atoms with Gasteiger partial charge in [0.15, 0.2) is 0 Å². The third kappa shape index (κ3) is 4.04. The Balaban J connectivity index is 1.53. The SMILES string of the molecule is O=C(Nc1cc(Cl)cc(Cl)c1)c1cc(N2CCc3ccccc3C2)ncn1. The zero-order valence-corrected chi connectivity index (χ0v) is 15.8. The summed E-state index contributed by atoms with van der Waals surface area (Å²) in [7, 11) is 0. The molecule has 7 heteroatoms. The van der Waals surface area contributed by atoms with E-state index in [0.717, 1.165) is 25.3 Å². The van der Waals surface area contributed by atoms with Gasteiger partial charge in [-0.3, -0.25) is 4.79 Å². The van der Waals surface area contributed by atoms with E-state index in [1.807, 2.05) is 6.07 Å². The average Bonchev–Trinajstić information content (AvgIpc) is 2.67. The standard InChI is InChI=1S/C20H16Cl2N4O/c21-15-7-16(22)9-17(8-15)25-20(27)18-10-19(24-12-23-18)26-6-5-13-3-1-2-4-14(13)11-26/h1-4,7-10,12H,5-6,11H2,(H,25,27). The van der Waals surface area contributed by atoms with Gasteiger partial charge in [0.2, 0.25) is 0 Å². The number of halogens is 2. The van der Waals surface area contributed by atoms with E-state index in [9.17, 15) is 4.79 Å². The normalized spacial score (nSPS) is 13.2. The smallest absolute Gasteiger partial charge is 0.274 e. The van der Waals surface area contributed by atoms with E-state index in [4.69, 9.17) is 23.2 Å². The van der Waals surface area contributed by atoms with Gasteiger partial charge in [0.25, 0.3) is 5.91 Å². The van der Waals surface area contributed by atoms with Gasteiger partial charge in [-0.15, -0.1) is 0 Å². The Bertz CT molecular complexity index is 989. The average molecular weight is 399 g/mol. The zero-order valence-electron chi connectivity index (χ0n) is 14.3. The number of aromatic nitrogens is 2. The molecule has 0 atom stereocenters. The molecule has 1 N–H and O–H groups in total. The summed E-state index contributed by atoms with van der Waals surface area (Å²) < 4.78 is 0. The van der Waals surface area contributed by atoms with Gasteiger partial charge >= 0.3 is 0 Å². The van der Waals surface area contributed by atoms with E-state index < -0.39 is 0 Å². The van der Waals surface area contributed by atoms with E-state index in [-0.39, 0.29) is 11.6 Å². The molecule has 3 aromatic rings. The summed E-state index contributed by atoms with van der Waals surface area (Å²) in [5, 5.41) is 3.67. The molecule has 0 saturated heterocycles. The zero-order chi connectivity index (χ0) is 18.8. The molecular weight excluding hydrogens is 383 g/mol. The van der Waals surface area contributed by atoms with Gasteiger partial charge in [-0.05, 0) is 35.7 Å². The summed E-state index contributed by atoms with van der Waals surface area (Å²) in [6.07, 6.45) is 2.36. The summed E-state index contributed by atoms with van der Waals surface area (Å²) >= 11 is 12.0. The Morgan fingerprint density at radius 1 is 1.00 bits per heavy atom. The molecule has 0 aliphatic carbocycles. The van der Waals surface area contributed by atoms with Gasteiger partial charge in [0.1, 0.15) is 17.8 Å². The molecule has 2 heterocycles. The molecule has 136 valence electrons. The minimum atomic E-state index is -0.339. The van der Waals surface area contributed by atoms with Gasteiger partial charge in [-0.25, -0.2) is 9.97 Å². The maximum Gasteiger partial charge on any atom is 0.274 e. The highest BCUT2D eigenvalue weighted by atomic mass is 35.5. The molecule has 1 aromatic heterocycles. The second kappa shape index (κ2) is 7.55. The summed E-state index contributed by atoms with van der Waals surface area (Å²) in [6, 6.07) is 15.0. The van der Waals surface area contributed by atoms with Crippen LogP contribution in [0, 0.1) is 0 Å². The maximum atomic E-state index is 12.6. The first-order valence-corrected chi connectivity index (χ1v) is 9.25. The van der Waals surface area contributed by atoms with Crippen molar-refractivity contribution < 1.29 is 4.79 Å². The van der Waals surface area contributed by atoms with Crippen molar-refractivity contribution in [1.82, 2.24) is 9.97 Å². The van der Waals surface area contributed by atoms with Gasteiger partial charge in [0.05, 0.1) is 0 Å². The van der Waals surface area contributed by atoms with Crippen molar-refractivity contribution in [1.29, 1.82) is 0 Å². The largest absolute Gasteiger partial charge is 0.352 e. The minimum absolute atomic E-state index is 0.287. The first-order chi connectivity index (χ1) is 13.1. The number of rotatable bonds is 3. The molecule has 0 bridgehead atoms. The van der Waals surface area contributed by atoms with Gasteiger partial charge in [-0.2, -0.15) is 0 Å². The third-order valence-corrected chi connectivity index (χ3v) is 4.90. The number of fused-ring (bicyclic) bond motifs is 1. The lowest BCUT2D eigenvalue weighted by atomic mass is 10.00. The topological polar surface area (TPSA) is 58.1 Å². The van der Waals surface area contributed by atoms with E-state index in [0.29, 0.717) is 15.7 Å². The number of nitrogens with zero attached hydrogens (tertiary/aromatic N) is 3. The first-order valence-electron chi connectivity index (χ1n) is 8.50. The number of carbonyl (C=O) groups excluding carboxylic acids is 1. The van der Waals surface area contributed by atoms with Crippen molar-refractivity contribution in [2.45, 2.75) is 13.0 Å². The van der Waals surface area contributed by atoms with Crippen molar-refractivity contribution in [3.8, 4) is 0 Å². The second-order valence-electron chi connectivity index (χ2n) is 6.31. The monoisotopic (exact) mass is 398 g/mol. The fourth-order valence-electron chi connectivity index (χ4n) is 3.16. The van der Waals surface area contributed by atoms with Crippen LogP contribution in [-0.2, 0) is 13.0 Å². The lowest BCUT2D eigenvalue weighted by Crippen LogP contribution is -2.31. The quantitative estimate of drug-likeness (QED) is 0.700. The molecule has 27 heavy (non-hydrogen) atoms. The number of hydrogen-bond donors (Lipinski definition) is 1. The molecule has 0 spiro atoms. The molecule has 0 saturated carbocycles. The van der Waals surface area contributed by atoms with E-state index in [1.165, 1.54) is 17.5 Å². The highest BCUT2D eigenvalue weighted by molar-refractivity contribution is 6.35. The Morgan fingerprint density at radius 2 is 1.74 bits per heavy atom. The van der Waals surface area contributed by atoms with Gasteiger partial charge in [-0.1, -0.05) is 47.5 Å². The fraction of sp³-hybridized carbons (Fsp3) is 0.150. The molecule has 4 rings (SSSR count). The van der Waals surface area contributed by atoms with Crippen LogP contribution in [0.2, 0.25) is 10.0 Å². The molecule has 0 radical (unpaired) electrons. The van der Waals surface area contributed by atoms with Crippen LogP contribution in [0.3, 0.4) is 0 Å². The number of anilines is 2. The van der Waals surface area contributed by atoms with E-state index >= 15 is 0 Å². The summed E-state index contributed by atoms with van der Waals surface area (Å²) in [5.74, 6) is 0.392. The van der Waals surface area contributed by atoms with E-state index in [1.54, 1.807) is 24.3 Å². The highest BCUT2D eigenvalue weighted by Gasteiger charge is 2.19. The molecule has 1 aliphatic heterocycles. The molecule has 5 nitrogen and oxygen atoms in total. The van der Waals surface area contributed by atoms with Crippen LogP contribution in [0.5, 0.6) is 0 Å². The van der Waals surface area contributed by atoms with Crippen LogP contribution in [0.25, 0.3) is 0 Å². The van der Waals surface area contributed by atoms with Crippen LogP contribution >= 0.6 is 23.2 Å². The summed E-state index contributed by atoms with van der Waals surface area (Å²) in [6.45, 7) is 1.61. The first kappa shape index (κ1) is 17.8. The predicted molar refractivity (Wildman–Crippen MR) is 108 cm³/mol. The Hall–Kier alpha value is -2.63. The summed E-state index contributed by atoms with van der Waals surface area (Å²) in [4.78, 5) is 23.2. The van der Waals surface area contributed by atoms with Crippen molar-refractivity contribution in [3.05, 3.63) is 81.7 Å². The Morgan fingerprint density at radius 3 is 2.52 bits per heavy atom. The van der Waals surface area contributed by atoms with Crippen LogP contribution in [0.4, 0.5) is 11.5 Å². The molecule has 0 unspecified atom stereocenters. The Kier molecular flexibility index (Phi) is 4.97. The third-order valence-electron chi connectivity index (χ3n) is 4.46. The lowest BCUT2D eigenvalue weighted by molar-refractivity contribution is 0.102. The van der Waals surface area contributed by atoms with Crippen molar-refractivity contribution >= 4 is 40.6 Å². The Labute approximate surface area is 167 Å². The molecular formula is C20H16Cl2N4O. The number of hydrogen-bond acceptors (Lipinski definition) is 4. The van der Waals surface area contributed by atoms with Crippen molar-refractivity contribution in [3.63, 3.8) is 0 Å². The number of benzene rings is 2. The molecule has 2 aromatic carbocycles. The van der Waals surface area contributed by atoms with Crippen LogP contribution in [-0.4, -0.2) is 22.4 Å². The van der Waals surface area contributed by atoms with Crippen LogP contribution in [0.1, 0.15) is 21.6 Å². The number of amides is 1. The van der Waals surface area contributed by atoms with Gasteiger partial charge in [0, 0.05) is 34.9 Å². The fourth-order valence-corrected chi connectivity index (χ4v) is 3.68. The number of nitrogens with one attached hydrogen (secondary N) is 1. The molecule has 0 fully saturated rings. The van der Waals surface area contributed by atoms with Crippen LogP contribution in [0.15, 0.2) is 54.9 Å². The lowest BCUT2D eigenvalue weighted by Gasteiger charge is -2.29. The second-order valence-corrected chi connectivity index (χ2v) is 7.19. The minimum Gasteiger partial charge on any atom is -0.352 e. The van der Waals surface area contributed by atoms with E-state index in [2.05, 4.69) is 38.4 Å². The highest BCUT2D eigenvalue weighted by Crippen LogP contribution is 2.25. The summed E-state index contributed by atoms with van der Waals surface area (Å²) in [5.41, 5.74) is 3.44. The molecule has 1 amide bonds. The van der Waals surface area contributed by atoms with Crippen molar-refractivity contribution in [2.75, 3.05) is 16.8 Å². The predicted octanol–water partition coefficient (Wildman–Crippen LogP) is 4.60. The van der Waals surface area contributed by atoms with Crippen molar-refractivity contribution in [2.24, 2.45) is 0 Å². The molecule has 1 aliphatic rings. The van der Waals surface area contributed by atoms with Gasteiger partial charge < -0.3 is 10.2 Å².